The van der Waals surface area contributed by atoms with Gasteiger partial charge in [-0.1, -0.05) is 29.8 Å². The van der Waals surface area contributed by atoms with Crippen LogP contribution in [0.2, 0.25) is 0 Å². The molecule has 31 heavy (non-hydrogen) atoms. The Morgan fingerprint density at radius 2 is 2.06 bits per heavy atom. The van der Waals surface area contributed by atoms with E-state index in [1.807, 2.05) is 0 Å². The van der Waals surface area contributed by atoms with Crippen molar-refractivity contribution in [1.82, 2.24) is 0 Å². The highest BCUT2D eigenvalue weighted by atomic mass is 31.2. The third-order valence-electron chi connectivity index (χ3n) is 6.24. The first-order valence-electron chi connectivity index (χ1n) is 11.1. The molecule has 2 aliphatic carbocycles. The molecule has 7 nitrogen and oxygen atoms in total. The van der Waals surface area contributed by atoms with Gasteiger partial charge in [0, 0.05) is 5.54 Å². The van der Waals surface area contributed by atoms with Crippen molar-refractivity contribution in [3.05, 3.63) is 46.5 Å². The van der Waals surface area contributed by atoms with Crippen molar-refractivity contribution in [2.75, 3.05) is 26.4 Å². The summed E-state index contributed by atoms with van der Waals surface area (Å²) in [5.41, 5.74) is 10.9. The first-order valence-corrected chi connectivity index (χ1v) is 12.6. The normalized spacial score (nSPS) is 26.0. The Labute approximate surface area is 185 Å². The average molecular weight is 454 g/mol. The zero-order valence-electron chi connectivity index (χ0n) is 18.6. The lowest BCUT2D eigenvalue weighted by Crippen LogP contribution is -2.41. The summed E-state index contributed by atoms with van der Waals surface area (Å²) in [5.74, 6) is 0.294. The Balaban J connectivity index is 1.48. The highest BCUT2D eigenvalue weighted by molar-refractivity contribution is 7.46. The third-order valence-corrected chi connectivity index (χ3v) is 6.70. The molecular weight excluding hydrogens is 417 g/mol. The van der Waals surface area contributed by atoms with E-state index in [1.165, 1.54) is 22.3 Å². The first kappa shape index (κ1) is 24.6. The molecule has 1 unspecified atom stereocenters. The van der Waals surface area contributed by atoms with Crippen LogP contribution in [0.1, 0.15) is 62.1 Å². The van der Waals surface area contributed by atoms with E-state index in [2.05, 4.69) is 42.6 Å². The SMILES string of the molecule is CC(C)=CCOCCOC1CCc2cc([C@H]3CC[C@](N)(COP(=O)(O)O)C3)ccc2C1. The standard InChI is InChI=1S/C23H36NO6P/c1-17(2)8-10-28-11-12-29-22-6-5-18-13-19(3-4-20(18)14-22)21-7-9-23(24,15-21)16-30-31(25,26)27/h3-4,8,13,21-22H,5-7,9-12,14-16,24H2,1-2H3,(H2,25,26,27)/t21-,22?,23+/m0/s1. The molecule has 8 heteroatoms. The van der Waals surface area contributed by atoms with Gasteiger partial charge >= 0.3 is 7.82 Å². The number of rotatable bonds is 10. The van der Waals surface area contributed by atoms with Crippen molar-refractivity contribution in [2.45, 2.75) is 69.9 Å². The molecule has 0 aromatic heterocycles. The van der Waals surface area contributed by atoms with Crippen LogP contribution < -0.4 is 5.73 Å². The summed E-state index contributed by atoms with van der Waals surface area (Å²) in [7, 11) is -4.49. The van der Waals surface area contributed by atoms with Gasteiger partial charge in [-0.3, -0.25) is 4.52 Å². The maximum Gasteiger partial charge on any atom is 0.469 e. The Morgan fingerprint density at radius 3 is 2.81 bits per heavy atom. The van der Waals surface area contributed by atoms with Crippen molar-refractivity contribution in [3.63, 3.8) is 0 Å². The predicted octanol–water partition coefficient (Wildman–Crippen LogP) is 3.62. The quantitative estimate of drug-likeness (QED) is 0.282. The van der Waals surface area contributed by atoms with Crippen molar-refractivity contribution >= 4 is 7.82 Å². The van der Waals surface area contributed by atoms with Gasteiger partial charge in [-0.25, -0.2) is 4.57 Å². The summed E-state index contributed by atoms with van der Waals surface area (Å²) in [6, 6.07) is 6.66. The molecule has 1 aromatic rings. The van der Waals surface area contributed by atoms with Crippen molar-refractivity contribution in [3.8, 4) is 0 Å². The summed E-state index contributed by atoms with van der Waals surface area (Å²) in [6.45, 7) is 5.87. The molecule has 0 amide bonds. The van der Waals surface area contributed by atoms with Crippen LogP contribution in [0.25, 0.3) is 0 Å². The lowest BCUT2D eigenvalue weighted by atomic mass is 9.85. The van der Waals surface area contributed by atoms with Crippen molar-refractivity contribution < 1.29 is 28.3 Å². The maximum absolute atomic E-state index is 11.0. The van der Waals surface area contributed by atoms with Crippen LogP contribution in [0.15, 0.2) is 29.8 Å². The third kappa shape index (κ3) is 7.79. The average Bonchev–Trinajstić information content (AvgIpc) is 3.11. The molecule has 0 aliphatic heterocycles. The van der Waals surface area contributed by atoms with Gasteiger partial charge in [-0.2, -0.15) is 0 Å². The van der Waals surface area contributed by atoms with E-state index in [4.69, 9.17) is 25.0 Å². The number of aryl methyl sites for hydroxylation is 1. The molecular formula is C23H36NO6P. The van der Waals surface area contributed by atoms with Gasteiger partial charge in [-0.05, 0) is 75.0 Å². The topological polar surface area (TPSA) is 111 Å². The molecule has 1 fully saturated rings. The molecule has 2 aliphatic rings. The van der Waals surface area contributed by atoms with Crippen LogP contribution in [0, 0.1) is 0 Å². The van der Waals surface area contributed by atoms with Crippen molar-refractivity contribution in [1.29, 1.82) is 0 Å². The molecule has 1 aromatic carbocycles. The molecule has 0 heterocycles. The van der Waals surface area contributed by atoms with Gasteiger partial charge in [0.25, 0.3) is 0 Å². The predicted molar refractivity (Wildman–Crippen MR) is 120 cm³/mol. The van der Waals surface area contributed by atoms with E-state index < -0.39 is 13.4 Å². The first-order chi connectivity index (χ1) is 14.6. The number of hydrogen-bond donors (Lipinski definition) is 3. The number of allylic oxidation sites excluding steroid dienone is 1. The molecule has 1 saturated carbocycles. The molecule has 0 radical (unpaired) electrons. The van der Waals surface area contributed by atoms with Crippen LogP contribution in [0.4, 0.5) is 0 Å². The van der Waals surface area contributed by atoms with E-state index in [9.17, 15) is 4.57 Å². The largest absolute Gasteiger partial charge is 0.469 e. The summed E-state index contributed by atoms with van der Waals surface area (Å²) in [5, 5.41) is 0. The summed E-state index contributed by atoms with van der Waals surface area (Å²) in [4.78, 5) is 17.9. The minimum absolute atomic E-state index is 0.115. The zero-order chi connectivity index (χ0) is 22.5. The minimum atomic E-state index is -4.49. The fraction of sp³-hybridized carbons (Fsp3) is 0.652. The van der Waals surface area contributed by atoms with E-state index >= 15 is 0 Å². The van der Waals surface area contributed by atoms with Crippen molar-refractivity contribution in [2.24, 2.45) is 5.73 Å². The number of ether oxygens (including phenoxy) is 2. The van der Waals surface area contributed by atoms with Gasteiger partial charge in [0.15, 0.2) is 0 Å². The molecule has 3 rings (SSSR count). The van der Waals surface area contributed by atoms with E-state index in [-0.39, 0.29) is 12.7 Å². The van der Waals surface area contributed by atoms with Gasteiger partial charge in [0.1, 0.15) is 0 Å². The molecule has 0 spiro atoms. The maximum atomic E-state index is 11.0. The minimum Gasteiger partial charge on any atom is -0.375 e. The number of benzene rings is 1. The number of fused-ring (bicyclic) bond motifs is 1. The lowest BCUT2D eigenvalue weighted by Gasteiger charge is -2.27. The van der Waals surface area contributed by atoms with Gasteiger partial charge in [-0.15, -0.1) is 0 Å². The van der Waals surface area contributed by atoms with Gasteiger partial charge < -0.3 is 25.0 Å². The van der Waals surface area contributed by atoms with Crippen LogP contribution in [0.5, 0.6) is 0 Å². The number of phosphoric acid groups is 1. The van der Waals surface area contributed by atoms with Gasteiger partial charge in [0.2, 0.25) is 0 Å². The highest BCUT2D eigenvalue weighted by Gasteiger charge is 2.38. The van der Waals surface area contributed by atoms with Crippen LogP contribution in [-0.4, -0.2) is 47.9 Å². The van der Waals surface area contributed by atoms with Crippen LogP contribution in [0.3, 0.4) is 0 Å². The van der Waals surface area contributed by atoms with Crippen LogP contribution >= 0.6 is 7.82 Å². The Kier molecular flexibility index (Phi) is 8.50. The molecule has 0 bridgehead atoms. The van der Waals surface area contributed by atoms with E-state index in [0.717, 1.165) is 25.7 Å². The summed E-state index contributed by atoms with van der Waals surface area (Å²) in [6.07, 6.45) is 7.49. The molecule has 174 valence electrons. The fourth-order valence-corrected chi connectivity index (χ4v) is 4.93. The molecule has 4 N–H and O–H groups in total. The Morgan fingerprint density at radius 1 is 1.26 bits per heavy atom. The molecule has 0 saturated heterocycles. The van der Waals surface area contributed by atoms with Gasteiger partial charge in [0.05, 0.1) is 32.5 Å². The second kappa shape index (κ2) is 10.7. The van der Waals surface area contributed by atoms with Crippen LogP contribution in [-0.2, 0) is 31.4 Å². The van der Waals surface area contributed by atoms with E-state index in [0.29, 0.717) is 38.6 Å². The Hall–Kier alpha value is -1.05. The number of phosphoric ester groups is 1. The fourth-order valence-electron chi connectivity index (χ4n) is 4.51. The summed E-state index contributed by atoms with van der Waals surface area (Å²) < 4.78 is 27.3. The van der Waals surface area contributed by atoms with E-state index in [1.54, 1.807) is 0 Å². The second-order valence-electron chi connectivity index (χ2n) is 9.19. The smallest absolute Gasteiger partial charge is 0.375 e. The zero-order valence-corrected chi connectivity index (χ0v) is 19.5. The second-order valence-corrected chi connectivity index (χ2v) is 10.4. The monoisotopic (exact) mass is 453 g/mol. The number of hydrogen-bond acceptors (Lipinski definition) is 5. The highest BCUT2D eigenvalue weighted by Crippen LogP contribution is 2.44. The summed E-state index contributed by atoms with van der Waals surface area (Å²) >= 11 is 0. The number of nitrogens with two attached hydrogens (primary N) is 1. The Bertz CT molecular complexity index is 818. The lowest BCUT2D eigenvalue weighted by molar-refractivity contribution is 0.00485. The molecule has 3 atom stereocenters.